The van der Waals surface area contributed by atoms with Gasteiger partial charge in [-0.3, -0.25) is 14.4 Å². The number of benzene rings is 2. The zero-order valence-corrected chi connectivity index (χ0v) is 22.3. The van der Waals surface area contributed by atoms with Gasteiger partial charge in [0.25, 0.3) is 0 Å². The van der Waals surface area contributed by atoms with Gasteiger partial charge in [-0.25, -0.2) is 0 Å². The summed E-state index contributed by atoms with van der Waals surface area (Å²) in [5.74, 6) is -2.49. The van der Waals surface area contributed by atoms with Crippen molar-refractivity contribution in [2.75, 3.05) is 13.2 Å². The lowest BCUT2D eigenvalue weighted by atomic mass is 9.74. The minimum Gasteiger partial charge on any atom is -0.481 e. The molecule has 3 N–H and O–H groups in total. The summed E-state index contributed by atoms with van der Waals surface area (Å²) >= 11 is 12.5. The molecule has 198 valence electrons. The second-order valence-electron chi connectivity index (χ2n) is 10.2. The average Bonchev–Trinajstić information content (AvgIpc) is 3.65. The molecule has 1 aliphatic carbocycles. The van der Waals surface area contributed by atoms with Gasteiger partial charge in [-0.15, -0.1) is 0 Å². The molecular formula is C28H32Cl2N2O5. The number of ether oxygens (including phenoxy) is 1. The van der Waals surface area contributed by atoms with Gasteiger partial charge in [-0.1, -0.05) is 54.4 Å². The van der Waals surface area contributed by atoms with Gasteiger partial charge in [0.1, 0.15) is 0 Å². The third-order valence-electron chi connectivity index (χ3n) is 7.66. The number of carbonyl (C=O) groups excluding carboxylic acids is 2. The Morgan fingerprint density at radius 2 is 1.84 bits per heavy atom. The number of piperidine rings is 1. The SMILES string of the molecule is CC[C@@H](COCC1(C(N)=O)CC1)N1C(=O)[C@@H](CC(=O)O)CC(c2cccc(Cl)c2)[C@H]1c1ccc(Cl)cc1. The summed E-state index contributed by atoms with van der Waals surface area (Å²) in [5.41, 5.74) is 6.77. The summed E-state index contributed by atoms with van der Waals surface area (Å²) in [6, 6.07) is 14.2. The molecule has 1 saturated heterocycles. The highest BCUT2D eigenvalue weighted by Gasteiger charge is 2.50. The number of amides is 2. The van der Waals surface area contributed by atoms with Crippen LogP contribution in [0.3, 0.4) is 0 Å². The Hall–Kier alpha value is -2.61. The van der Waals surface area contributed by atoms with Gasteiger partial charge in [-0.2, -0.15) is 0 Å². The molecule has 0 spiro atoms. The number of aliphatic carboxylic acids is 1. The number of carbonyl (C=O) groups is 3. The number of hydrogen-bond acceptors (Lipinski definition) is 4. The lowest BCUT2D eigenvalue weighted by Crippen LogP contribution is -2.53. The molecule has 2 aromatic carbocycles. The van der Waals surface area contributed by atoms with Crippen molar-refractivity contribution in [3.05, 3.63) is 69.7 Å². The van der Waals surface area contributed by atoms with Gasteiger partial charge in [-0.05, 0) is 61.1 Å². The van der Waals surface area contributed by atoms with Crippen LogP contribution in [0.15, 0.2) is 48.5 Å². The number of carboxylic acid groups (broad SMARTS) is 1. The zero-order valence-electron chi connectivity index (χ0n) is 20.7. The minimum atomic E-state index is -1.02. The normalized spacial score (nSPS) is 23.5. The summed E-state index contributed by atoms with van der Waals surface area (Å²) in [6.45, 7) is 2.39. The molecule has 4 rings (SSSR count). The number of halogens is 2. The summed E-state index contributed by atoms with van der Waals surface area (Å²) in [6.07, 6.45) is 2.10. The van der Waals surface area contributed by atoms with E-state index in [9.17, 15) is 19.5 Å². The van der Waals surface area contributed by atoms with Gasteiger partial charge in [0.15, 0.2) is 0 Å². The van der Waals surface area contributed by atoms with E-state index in [0.717, 1.165) is 11.1 Å². The molecule has 4 atom stereocenters. The number of rotatable bonds is 11. The first-order chi connectivity index (χ1) is 17.6. The fraction of sp³-hybridized carbons (Fsp3) is 0.464. The molecule has 2 aliphatic rings. The highest BCUT2D eigenvalue weighted by Crippen LogP contribution is 2.48. The Balaban J connectivity index is 1.73. The maximum atomic E-state index is 13.9. The number of carboxylic acids is 1. The van der Waals surface area contributed by atoms with Crippen LogP contribution in [-0.4, -0.2) is 47.0 Å². The first-order valence-electron chi connectivity index (χ1n) is 12.6. The maximum Gasteiger partial charge on any atom is 0.304 e. The van der Waals surface area contributed by atoms with E-state index in [4.69, 9.17) is 33.7 Å². The first kappa shape index (κ1) is 27.4. The predicted molar refractivity (Wildman–Crippen MR) is 141 cm³/mol. The smallest absolute Gasteiger partial charge is 0.304 e. The van der Waals surface area contributed by atoms with Crippen LogP contribution < -0.4 is 5.73 Å². The van der Waals surface area contributed by atoms with E-state index >= 15 is 0 Å². The highest BCUT2D eigenvalue weighted by molar-refractivity contribution is 6.30. The van der Waals surface area contributed by atoms with Crippen LogP contribution in [0, 0.1) is 11.3 Å². The van der Waals surface area contributed by atoms with Gasteiger partial charge in [0, 0.05) is 21.9 Å². The Morgan fingerprint density at radius 1 is 1.14 bits per heavy atom. The van der Waals surface area contributed by atoms with E-state index in [1.54, 1.807) is 23.1 Å². The van der Waals surface area contributed by atoms with Crippen LogP contribution >= 0.6 is 23.2 Å². The van der Waals surface area contributed by atoms with Crippen molar-refractivity contribution < 1.29 is 24.2 Å². The van der Waals surface area contributed by atoms with E-state index in [2.05, 4.69) is 0 Å². The lowest BCUT2D eigenvalue weighted by Gasteiger charge is -2.48. The minimum absolute atomic E-state index is 0.198. The Labute approximate surface area is 226 Å². The standard InChI is InChI=1S/C28H32Cl2N2O5/c1-2-22(15-37-16-28(10-11-28)27(31)36)32-25(17-6-8-20(29)9-7-17)23(18-4-3-5-21(30)12-18)13-19(26(32)35)14-24(33)34/h3-9,12,19,22-23,25H,2,10-11,13-16H2,1H3,(H2,31,36)(H,33,34)/t19-,22+,23?,25-/m1/s1. The molecule has 37 heavy (non-hydrogen) atoms. The third-order valence-corrected chi connectivity index (χ3v) is 8.15. The van der Waals surface area contributed by atoms with E-state index < -0.39 is 17.3 Å². The maximum absolute atomic E-state index is 13.9. The Bertz CT molecular complexity index is 1150. The highest BCUT2D eigenvalue weighted by atomic mass is 35.5. The fourth-order valence-corrected chi connectivity index (χ4v) is 5.70. The topological polar surface area (TPSA) is 110 Å². The number of nitrogens with two attached hydrogens (primary N) is 1. The van der Waals surface area contributed by atoms with E-state index in [0.29, 0.717) is 35.7 Å². The van der Waals surface area contributed by atoms with Crippen LogP contribution in [0.25, 0.3) is 0 Å². The quantitative estimate of drug-likeness (QED) is 0.402. The number of hydrogen-bond donors (Lipinski definition) is 2. The predicted octanol–water partition coefficient (Wildman–Crippen LogP) is 5.20. The number of primary amides is 1. The van der Waals surface area contributed by atoms with Crippen LogP contribution in [0.1, 0.15) is 62.1 Å². The summed E-state index contributed by atoms with van der Waals surface area (Å²) in [4.78, 5) is 39.3. The van der Waals surface area contributed by atoms with Gasteiger partial charge >= 0.3 is 5.97 Å². The summed E-state index contributed by atoms with van der Waals surface area (Å²) < 4.78 is 6.00. The monoisotopic (exact) mass is 546 g/mol. The molecule has 0 aromatic heterocycles. The molecule has 2 fully saturated rings. The van der Waals surface area contributed by atoms with Crippen LogP contribution in [0.5, 0.6) is 0 Å². The Morgan fingerprint density at radius 3 is 2.41 bits per heavy atom. The van der Waals surface area contributed by atoms with Crippen molar-refractivity contribution in [1.82, 2.24) is 4.90 Å². The average molecular weight is 547 g/mol. The fourth-order valence-electron chi connectivity index (χ4n) is 5.37. The van der Waals surface area contributed by atoms with Crippen molar-refractivity contribution in [2.24, 2.45) is 17.1 Å². The van der Waals surface area contributed by atoms with Crippen LogP contribution in [0.2, 0.25) is 10.0 Å². The van der Waals surface area contributed by atoms with E-state index in [1.165, 1.54) is 0 Å². The summed E-state index contributed by atoms with van der Waals surface area (Å²) in [7, 11) is 0. The number of likely N-dealkylation sites (tertiary alicyclic amines) is 1. The van der Waals surface area contributed by atoms with Crippen LogP contribution in [0.4, 0.5) is 0 Å². The van der Waals surface area contributed by atoms with Crippen molar-refractivity contribution in [2.45, 2.75) is 57.0 Å². The molecule has 0 bridgehead atoms. The molecule has 1 unspecified atom stereocenters. The molecular weight excluding hydrogens is 515 g/mol. The molecule has 0 radical (unpaired) electrons. The molecule has 7 nitrogen and oxygen atoms in total. The summed E-state index contributed by atoms with van der Waals surface area (Å²) in [5, 5.41) is 10.7. The van der Waals surface area contributed by atoms with E-state index in [-0.39, 0.29) is 49.5 Å². The van der Waals surface area contributed by atoms with Crippen molar-refractivity contribution in [1.29, 1.82) is 0 Å². The first-order valence-corrected chi connectivity index (χ1v) is 13.3. The molecule has 1 heterocycles. The Kier molecular flexibility index (Phi) is 8.46. The van der Waals surface area contributed by atoms with Gasteiger partial charge in [0.05, 0.1) is 37.1 Å². The van der Waals surface area contributed by atoms with Crippen molar-refractivity contribution in [3.8, 4) is 0 Å². The molecule has 1 saturated carbocycles. The second kappa shape index (κ2) is 11.4. The van der Waals surface area contributed by atoms with Crippen molar-refractivity contribution >= 4 is 41.0 Å². The van der Waals surface area contributed by atoms with Gasteiger partial charge in [0.2, 0.25) is 11.8 Å². The van der Waals surface area contributed by atoms with E-state index in [1.807, 2.05) is 37.3 Å². The third kappa shape index (κ3) is 6.11. The second-order valence-corrected chi connectivity index (χ2v) is 11.0. The van der Waals surface area contributed by atoms with Crippen LogP contribution in [-0.2, 0) is 19.1 Å². The lowest BCUT2D eigenvalue weighted by molar-refractivity contribution is -0.154. The zero-order chi connectivity index (χ0) is 26.7. The molecule has 9 heteroatoms. The largest absolute Gasteiger partial charge is 0.481 e. The molecule has 2 amide bonds. The number of nitrogens with zero attached hydrogens (tertiary/aromatic N) is 1. The molecule has 1 aliphatic heterocycles. The van der Waals surface area contributed by atoms with Crippen molar-refractivity contribution in [3.63, 3.8) is 0 Å². The molecule has 2 aromatic rings. The van der Waals surface area contributed by atoms with Gasteiger partial charge < -0.3 is 20.5 Å².